The molecule has 0 amide bonds. The number of nitrogens with one attached hydrogen (secondary N) is 2. The van der Waals surface area contributed by atoms with E-state index in [2.05, 4.69) is 60.7 Å². The van der Waals surface area contributed by atoms with Gasteiger partial charge in [-0.25, -0.2) is 0 Å². The fourth-order valence-corrected chi connectivity index (χ4v) is 3.48. The number of rotatable bonds is 5. The SMILES string of the molecule is CN=C(NCc1cccc(COC(C)(C)C)c1)NC1CC2CCC1O2. The summed E-state index contributed by atoms with van der Waals surface area (Å²) in [6.45, 7) is 7.60. The molecule has 2 heterocycles. The van der Waals surface area contributed by atoms with E-state index in [-0.39, 0.29) is 5.60 Å². The highest BCUT2D eigenvalue weighted by molar-refractivity contribution is 5.80. The standard InChI is InChI=1S/C20H31N3O2/c1-20(2,3)24-13-15-7-5-6-14(10-15)12-22-19(21-4)23-17-11-16-8-9-18(17)25-16/h5-7,10,16-18H,8-9,11-13H2,1-4H3,(H2,21,22,23). The summed E-state index contributed by atoms with van der Waals surface area (Å²) >= 11 is 0. The van der Waals surface area contributed by atoms with E-state index in [4.69, 9.17) is 9.47 Å². The van der Waals surface area contributed by atoms with E-state index in [9.17, 15) is 0 Å². The first kappa shape index (κ1) is 18.2. The third kappa shape index (κ3) is 5.19. The average Bonchev–Trinajstić information content (AvgIpc) is 3.19. The topological polar surface area (TPSA) is 54.9 Å². The summed E-state index contributed by atoms with van der Waals surface area (Å²) in [5, 5.41) is 6.93. The second kappa shape index (κ2) is 7.75. The van der Waals surface area contributed by atoms with Crippen molar-refractivity contribution in [2.75, 3.05) is 7.05 Å². The average molecular weight is 345 g/mol. The molecule has 2 aliphatic rings. The monoisotopic (exact) mass is 345 g/mol. The summed E-state index contributed by atoms with van der Waals surface area (Å²) in [4.78, 5) is 4.36. The molecule has 0 spiro atoms. The zero-order chi connectivity index (χ0) is 17.9. The van der Waals surface area contributed by atoms with Crippen LogP contribution in [0, 0.1) is 0 Å². The Bertz CT molecular complexity index is 609. The van der Waals surface area contributed by atoms with Crippen molar-refractivity contribution >= 4 is 5.96 Å². The Morgan fingerprint density at radius 3 is 2.72 bits per heavy atom. The number of hydrogen-bond acceptors (Lipinski definition) is 3. The number of ether oxygens (including phenoxy) is 2. The van der Waals surface area contributed by atoms with Crippen LogP contribution in [0.5, 0.6) is 0 Å². The first-order valence-electron chi connectivity index (χ1n) is 9.27. The normalized spacial score (nSPS) is 26.1. The minimum Gasteiger partial charge on any atom is -0.373 e. The van der Waals surface area contributed by atoms with Gasteiger partial charge in [-0.15, -0.1) is 0 Å². The quantitative estimate of drug-likeness (QED) is 0.636. The van der Waals surface area contributed by atoms with Crippen LogP contribution >= 0.6 is 0 Å². The molecule has 5 heteroatoms. The first-order chi connectivity index (χ1) is 11.9. The molecule has 3 unspecified atom stereocenters. The second-order valence-corrected chi connectivity index (χ2v) is 8.01. The molecule has 0 aliphatic carbocycles. The lowest BCUT2D eigenvalue weighted by molar-refractivity contribution is -0.0149. The van der Waals surface area contributed by atoms with Crippen LogP contribution in [0.4, 0.5) is 0 Å². The number of guanidine groups is 1. The van der Waals surface area contributed by atoms with Gasteiger partial charge in [0.1, 0.15) is 0 Å². The molecule has 3 rings (SSSR count). The van der Waals surface area contributed by atoms with Crippen LogP contribution in [0.25, 0.3) is 0 Å². The van der Waals surface area contributed by atoms with E-state index in [0.717, 1.165) is 25.3 Å². The summed E-state index contributed by atoms with van der Waals surface area (Å²) in [5.74, 6) is 0.845. The van der Waals surface area contributed by atoms with Crippen molar-refractivity contribution in [2.45, 2.75) is 77.0 Å². The molecule has 25 heavy (non-hydrogen) atoms. The van der Waals surface area contributed by atoms with Gasteiger partial charge < -0.3 is 20.1 Å². The number of hydrogen-bond donors (Lipinski definition) is 2. The first-order valence-corrected chi connectivity index (χ1v) is 9.27. The molecule has 0 aromatic heterocycles. The van der Waals surface area contributed by atoms with E-state index >= 15 is 0 Å². The molecule has 2 saturated heterocycles. The van der Waals surface area contributed by atoms with Crippen LogP contribution in [0.3, 0.4) is 0 Å². The molecule has 0 radical (unpaired) electrons. The third-order valence-corrected chi connectivity index (χ3v) is 4.77. The molecule has 138 valence electrons. The smallest absolute Gasteiger partial charge is 0.191 e. The Morgan fingerprint density at radius 1 is 1.28 bits per heavy atom. The summed E-state index contributed by atoms with van der Waals surface area (Å²) in [6, 6.07) is 8.89. The molecule has 3 atom stereocenters. The molecule has 2 fully saturated rings. The maximum atomic E-state index is 5.90. The van der Waals surface area contributed by atoms with Gasteiger partial charge in [0.2, 0.25) is 0 Å². The molecular weight excluding hydrogens is 314 g/mol. The van der Waals surface area contributed by atoms with Gasteiger partial charge in [0, 0.05) is 13.6 Å². The summed E-state index contributed by atoms with van der Waals surface area (Å²) in [5.41, 5.74) is 2.30. The van der Waals surface area contributed by atoms with Gasteiger partial charge in [-0.3, -0.25) is 4.99 Å². The van der Waals surface area contributed by atoms with E-state index in [0.29, 0.717) is 24.9 Å². The fraction of sp³-hybridized carbons (Fsp3) is 0.650. The van der Waals surface area contributed by atoms with Gasteiger partial charge in [-0.05, 0) is 51.2 Å². The van der Waals surface area contributed by atoms with Crippen molar-refractivity contribution in [3.63, 3.8) is 0 Å². The highest BCUT2D eigenvalue weighted by atomic mass is 16.5. The number of nitrogens with zero attached hydrogens (tertiary/aromatic N) is 1. The highest BCUT2D eigenvalue weighted by Crippen LogP contribution is 2.34. The number of benzene rings is 1. The Labute approximate surface area is 151 Å². The molecule has 2 N–H and O–H groups in total. The van der Waals surface area contributed by atoms with E-state index in [1.165, 1.54) is 17.5 Å². The van der Waals surface area contributed by atoms with Crippen LogP contribution in [0.15, 0.2) is 29.3 Å². The molecule has 2 aliphatic heterocycles. The van der Waals surface area contributed by atoms with Crippen molar-refractivity contribution < 1.29 is 9.47 Å². The van der Waals surface area contributed by atoms with Gasteiger partial charge in [-0.2, -0.15) is 0 Å². The molecule has 0 saturated carbocycles. The van der Waals surface area contributed by atoms with Crippen molar-refractivity contribution in [1.29, 1.82) is 0 Å². The molecule has 1 aromatic rings. The van der Waals surface area contributed by atoms with Gasteiger partial charge in [-0.1, -0.05) is 24.3 Å². The summed E-state index contributed by atoms with van der Waals surface area (Å²) < 4.78 is 11.8. The zero-order valence-corrected chi connectivity index (χ0v) is 15.8. The maximum absolute atomic E-state index is 5.90. The fourth-order valence-electron chi connectivity index (χ4n) is 3.48. The van der Waals surface area contributed by atoms with Crippen LogP contribution in [-0.2, 0) is 22.6 Å². The predicted octanol–water partition coefficient (Wildman–Crippen LogP) is 2.99. The van der Waals surface area contributed by atoms with Crippen molar-refractivity contribution in [2.24, 2.45) is 4.99 Å². The number of aliphatic imine (C=N–C) groups is 1. The Kier molecular flexibility index (Phi) is 5.64. The van der Waals surface area contributed by atoms with Crippen LogP contribution in [0.1, 0.15) is 51.2 Å². The van der Waals surface area contributed by atoms with Gasteiger partial charge >= 0.3 is 0 Å². The van der Waals surface area contributed by atoms with Crippen LogP contribution in [-0.4, -0.2) is 36.9 Å². The van der Waals surface area contributed by atoms with Gasteiger partial charge in [0.05, 0.1) is 30.5 Å². The highest BCUT2D eigenvalue weighted by Gasteiger charge is 2.41. The largest absolute Gasteiger partial charge is 0.373 e. The molecular formula is C20H31N3O2. The molecule has 1 aromatic carbocycles. The lowest BCUT2D eigenvalue weighted by Crippen LogP contribution is -2.47. The van der Waals surface area contributed by atoms with Gasteiger partial charge in [0.25, 0.3) is 0 Å². The van der Waals surface area contributed by atoms with E-state index < -0.39 is 0 Å². The van der Waals surface area contributed by atoms with E-state index in [1.807, 2.05) is 7.05 Å². The Balaban J connectivity index is 1.50. The molecule has 5 nitrogen and oxygen atoms in total. The minimum absolute atomic E-state index is 0.122. The lowest BCUT2D eigenvalue weighted by atomic mass is 9.96. The van der Waals surface area contributed by atoms with Crippen molar-refractivity contribution in [3.05, 3.63) is 35.4 Å². The Hall–Kier alpha value is -1.59. The molecule has 2 bridgehead atoms. The Morgan fingerprint density at radius 2 is 2.08 bits per heavy atom. The zero-order valence-electron chi connectivity index (χ0n) is 15.8. The minimum atomic E-state index is -0.122. The predicted molar refractivity (Wildman–Crippen MR) is 101 cm³/mol. The van der Waals surface area contributed by atoms with Crippen LogP contribution in [0.2, 0.25) is 0 Å². The summed E-state index contributed by atoms with van der Waals surface area (Å²) in [6.07, 6.45) is 4.25. The third-order valence-electron chi connectivity index (χ3n) is 4.77. The van der Waals surface area contributed by atoms with Crippen molar-refractivity contribution in [3.8, 4) is 0 Å². The lowest BCUT2D eigenvalue weighted by Gasteiger charge is -2.23. The summed E-state index contributed by atoms with van der Waals surface area (Å²) in [7, 11) is 1.82. The van der Waals surface area contributed by atoms with Crippen LogP contribution < -0.4 is 10.6 Å². The van der Waals surface area contributed by atoms with Gasteiger partial charge in [0.15, 0.2) is 5.96 Å². The number of fused-ring (bicyclic) bond motifs is 2. The maximum Gasteiger partial charge on any atom is 0.191 e. The van der Waals surface area contributed by atoms with Crippen molar-refractivity contribution in [1.82, 2.24) is 10.6 Å². The van der Waals surface area contributed by atoms with E-state index in [1.54, 1.807) is 0 Å². The second-order valence-electron chi connectivity index (χ2n) is 8.01.